The molecule has 5 nitrogen and oxygen atoms in total. The molecule has 5 heteroatoms. The Balaban J connectivity index is 1.62. The van der Waals surface area contributed by atoms with Gasteiger partial charge < -0.3 is 5.11 Å². The van der Waals surface area contributed by atoms with E-state index in [0.717, 1.165) is 56.2 Å². The predicted octanol–water partition coefficient (Wildman–Crippen LogP) is 4.63. The molecule has 0 aromatic heterocycles. The summed E-state index contributed by atoms with van der Waals surface area (Å²) in [5.41, 5.74) is 1.85. The van der Waals surface area contributed by atoms with Crippen molar-refractivity contribution in [2.75, 3.05) is 6.54 Å². The molecule has 1 aliphatic carbocycles. The smallest absolute Gasteiger partial charge is 0.306 e. The second-order valence-electron chi connectivity index (χ2n) is 8.67. The van der Waals surface area contributed by atoms with Crippen LogP contribution in [0.2, 0.25) is 0 Å². The van der Waals surface area contributed by atoms with Gasteiger partial charge in [0.1, 0.15) is 0 Å². The van der Waals surface area contributed by atoms with E-state index < -0.39 is 5.97 Å². The molecule has 0 bridgehead atoms. The number of nitrogens with zero attached hydrogens (tertiary/aromatic N) is 2. The first-order chi connectivity index (χ1) is 14.0. The molecule has 4 unspecified atom stereocenters. The van der Waals surface area contributed by atoms with E-state index in [1.54, 1.807) is 12.4 Å². The number of ketones is 1. The minimum atomic E-state index is -0.686. The zero-order chi connectivity index (χ0) is 20.6. The minimum absolute atomic E-state index is 0.158. The van der Waals surface area contributed by atoms with E-state index in [1.807, 2.05) is 24.3 Å². The van der Waals surface area contributed by atoms with Crippen LogP contribution >= 0.6 is 0 Å². The van der Waals surface area contributed by atoms with Gasteiger partial charge in [0.05, 0.1) is 12.0 Å². The second-order valence-corrected chi connectivity index (χ2v) is 8.67. The van der Waals surface area contributed by atoms with Gasteiger partial charge in [-0.1, -0.05) is 31.2 Å². The summed E-state index contributed by atoms with van der Waals surface area (Å²) in [7, 11) is 0. The SMILES string of the molecule is CC1CCC(C(=O)O)CC(CCC(=O)c2ccccc2CC2CCN=CC=N2)C1. The molecule has 1 N–H and O–H groups in total. The summed E-state index contributed by atoms with van der Waals surface area (Å²) in [6.45, 7) is 2.97. The largest absolute Gasteiger partial charge is 0.481 e. The van der Waals surface area contributed by atoms with Crippen molar-refractivity contribution in [2.45, 2.75) is 64.3 Å². The fourth-order valence-corrected chi connectivity index (χ4v) is 4.68. The molecule has 1 aromatic carbocycles. The van der Waals surface area contributed by atoms with Crippen LogP contribution in [0, 0.1) is 17.8 Å². The van der Waals surface area contributed by atoms with E-state index >= 15 is 0 Å². The van der Waals surface area contributed by atoms with E-state index in [0.29, 0.717) is 24.7 Å². The summed E-state index contributed by atoms with van der Waals surface area (Å²) in [6.07, 6.45) is 9.86. The highest BCUT2D eigenvalue weighted by atomic mass is 16.4. The number of Topliss-reactive ketones (excluding diaryl/α,β-unsaturated/α-hetero) is 1. The monoisotopic (exact) mass is 396 g/mol. The van der Waals surface area contributed by atoms with E-state index in [4.69, 9.17) is 0 Å². The zero-order valence-corrected chi connectivity index (χ0v) is 17.3. The third-order valence-electron chi connectivity index (χ3n) is 6.32. The first-order valence-corrected chi connectivity index (χ1v) is 10.9. The Bertz CT molecular complexity index is 771. The highest BCUT2D eigenvalue weighted by molar-refractivity contribution is 6.16. The molecule has 156 valence electrons. The Labute approximate surface area is 173 Å². The molecule has 0 spiro atoms. The Morgan fingerprint density at radius 3 is 2.76 bits per heavy atom. The van der Waals surface area contributed by atoms with Crippen LogP contribution in [0.25, 0.3) is 0 Å². The third kappa shape index (κ3) is 6.34. The van der Waals surface area contributed by atoms with Crippen LogP contribution < -0.4 is 0 Å². The van der Waals surface area contributed by atoms with Crippen molar-refractivity contribution >= 4 is 24.2 Å². The number of benzene rings is 1. The summed E-state index contributed by atoms with van der Waals surface area (Å²) in [5.74, 6) is 0.0601. The number of hydrogen-bond acceptors (Lipinski definition) is 4. The summed E-state index contributed by atoms with van der Waals surface area (Å²) in [4.78, 5) is 33.3. The Morgan fingerprint density at radius 2 is 1.93 bits per heavy atom. The Kier molecular flexibility index (Phi) is 7.73. The normalized spacial score (nSPS) is 27.2. The first-order valence-electron chi connectivity index (χ1n) is 10.9. The lowest BCUT2D eigenvalue weighted by molar-refractivity contribution is -0.142. The highest BCUT2D eigenvalue weighted by Gasteiger charge is 2.28. The quantitative estimate of drug-likeness (QED) is 0.539. The van der Waals surface area contributed by atoms with Gasteiger partial charge >= 0.3 is 5.97 Å². The molecule has 0 radical (unpaired) electrons. The van der Waals surface area contributed by atoms with Crippen LogP contribution in [0.3, 0.4) is 0 Å². The van der Waals surface area contributed by atoms with Crippen LogP contribution in [-0.2, 0) is 11.2 Å². The molecule has 2 aliphatic rings. The van der Waals surface area contributed by atoms with E-state index in [9.17, 15) is 14.7 Å². The number of aliphatic imine (C=N–C) groups is 2. The van der Waals surface area contributed by atoms with E-state index in [1.165, 1.54) is 0 Å². The van der Waals surface area contributed by atoms with Crippen molar-refractivity contribution in [1.29, 1.82) is 0 Å². The number of hydrogen-bond donors (Lipinski definition) is 1. The molecular weight excluding hydrogens is 364 g/mol. The van der Waals surface area contributed by atoms with Gasteiger partial charge in [-0.05, 0) is 62.3 Å². The zero-order valence-electron chi connectivity index (χ0n) is 17.3. The molecule has 3 rings (SSSR count). The summed E-state index contributed by atoms with van der Waals surface area (Å²) in [5, 5.41) is 9.45. The van der Waals surface area contributed by atoms with Gasteiger partial charge in [-0.3, -0.25) is 19.6 Å². The van der Waals surface area contributed by atoms with Crippen molar-refractivity contribution in [1.82, 2.24) is 0 Å². The van der Waals surface area contributed by atoms with Crippen molar-refractivity contribution in [2.24, 2.45) is 27.7 Å². The molecule has 1 aromatic rings. The third-order valence-corrected chi connectivity index (χ3v) is 6.32. The van der Waals surface area contributed by atoms with Gasteiger partial charge in [0.15, 0.2) is 5.78 Å². The standard InChI is InChI=1S/C24H32N2O3/c1-17-6-8-20(24(28)29)15-18(14-17)7-9-23(27)22-5-3-2-4-19(22)16-21-10-11-25-12-13-26-21/h2-5,12-13,17-18,20-21H,6-11,14-16H2,1H3,(H,28,29). The maximum Gasteiger partial charge on any atom is 0.306 e. The molecule has 4 atom stereocenters. The number of carboxylic acids is 1. The van der Waals surface area contributed by atoms with Crippen molar-refractivity contribution in [3.63, 3.8) is 0 Å². The van der Waals surface area contributed by atoms with Crippen molar-refractivity contribution in [3.8, 4) is 0 Å². The van der Waals surface area contributed by atoms with Crippen molar-refractivity contribution < 1.29 is 14.7 Å². The Morgan fingerprint density at radius 1 is 1.10 bits per heavy atom. The van der Waals surface area contributed by atoms with Gasteiger partial charge in [0.2, 0.25) is 0 Å². The number of rotatable bonds is 7. The molecule has 29 heavy (non-hydrogen) atoms. The van der Waals surface area contributed by atoms with Crippen LogP contribution in [0.4, 0.5) is 0 Å². The summed E-state index contributed by atoms with van der Waals surface area (Å²) in [6, 6.07) is 8.01. The average Bonchev–Trinajstić information content (AvgIpc) is 3.07. The maximum atomic E-state index is 13.0. The molecule has 1 aliphatic heterocycles. The minimum Gasteiger partial charge on any atom is -0.481 e. The molecule has 0 saturated heterocycles. The molecule has 1 saturated carbocycles. The van der Waals surface area contributed by atoms with E-state index in [-0.39, 0.29) is 17.7 Å². The van der Waals surface area contributed by atoms with Gasteiger partial charge in [0.25, 0.3) is 0 Å². The van der Waals surface area contributed by atoms with Gasteiger partial charge in [-0.2, -0.15) is 0 Å². The average molecular weight is 397 g/mol. The van der Waals surface area contributed by atoms with Gasteiger partial charge in [0, 0.05) is 31.0 Å². The lowest BCUT2D eigenvalue weighted by Crippen LogP contribution is -2.17. The van der Waals surface area contributed by atoms with Crippen molar-refractivity contribution in [3.05, 3.63) is 35.4 Å². The highest BCUT2D eigenvalue weighted by Crippen LogP contribution is 2.34. The van der Waals surface area contributed by atoms with Crippen LogP contribution in [0.15, 0.2) is 34.3 Å². The fourth-order valence-electron chi connectivity index (χ4n) is 4.68. The number of carbonyl (C=O) groups excluding carboxylic acids is 1. The van der Waals surface area contributed by atoms with E-state index in [2.05, 4.69) is 16.9 Å². The first kappa shape index (κ1) is 21.4. The predicted molar refractivity (Wildman–Crippen MR) is 116 cm³/mol. The van der Waals surface area contributed by atoms with Crippen LogP contribution in [0.5, 0.6) is 0 Å². The molecular formula is C24H32N2O3. The molecule has 0 amide bonds. The lowest BCUT2D eigenvalue weighted by atomic mass is 9.86. The molecule has 1 fully saturated rings. The lowest BCUT2D eigenvalue weighted by Gasteiger charge is -2.19. The Hall–Kier alpha value is -2.30. The number of carbonyl (C=O) groups is 2. The van der Waals surface area contributed by atoms with Gasteiger partial charge in [-0.25, -0.2) is 0 Å². The fraction of sp³-hybridized carbons (Fsp3) is 0.583. The number of carboxylic acid groups (broad SMARTS) is 1. The summed E-state index contributed by atoms with van der Waals surface area (Å²) >= 11 is 0. The topological polar surface area (TPSA) is 79.1 Å². The number of aliphatic carboxylic acids is 1. The second kappa shape index (κ2) is 10.5. The van der Waals surface area contributed by atoms with Crippen LogP contribution in [-0.4, -0.2) is 41.9 Å². The maximum absolute atomic E-state index is 13.0. The molecule has 1 heterocycles. The van der Waals surface area contributed by atoms with Crippen LogP contribution in [0.1, 0.15) is 67.8 Å². The van der Waals surface area contributed by atoms with Gasteiger partial charge in [-0.15, -0.1) is 0 Å². The summed E-state index contributed by atoms with van der Waals surface area (Å²) < 4.78 is 0.